The van der Waals surface area contributed by atoms with E-state index in [2.05, 4.69) is 474 Å². The van der Waals surface area contributed by atoms with Crippen molar-refractivity contribution in [3.05, 3.63) is 602 Å². The molecular weight excluding hydrogens is 1770 g/mol. The summed E-state index contributed by atoms with van der Waals surface area (Å²) in [6.45, 7) is 27.0. The molecule has 1 fully saturated rings. The Morgan fingerprint density at radius 1 is 0.236 bits per heavy atom. The van der Waals surface area contributed by atoms with Crippen LogP contribution in [0.4, 0.5) is 11.4 Å². The highest BCUT2D eigenvalue weighted by molar-refractivity contribution is 7.91. The van der Waals surface area contributed by atoms with E-state index in [1.165, 1.54) is 161 Å². The fourth-order valence-corrected chi connectivity index (χ4v) is 22.3. The van der Waals surface area contributed by atoms with E-state index in [4.69, 9.17) is 0 Å². The zero-order valence-corrected chi connectivity index (χ0v) is 85.0. The highest BCUT2D eigenvalue weighted by Gasteiger charge is 2.48. The van der Waals surface area contributed by atoms with Crippen LogP contribution in [0.3, 0.4) is 0 Å². The van der Waals surface area contributed by atoms with Gasteiger partial charge in [-0.15, -0.1) is 0 Å². The molecule has 2 unspecified atom stereocenters. The van der Waals surface area contributed by atoms with Gasteiger partial charge in [0.05, 0.1) is 55.1 Å². The average molecular weight is 1890 g/mol. The molecule has 0 N–H and O–H groups in total. The van der Waals surface area contributed by atoms with Gasteiger partial charge in [-0.25, -0.2) is 8.42 Å². The fourth-order valence-electron chi connectivity index (χ4n) is 21.0. The summed E-state index contributed by atoms with van der Waals surface area (Å²) in [6.07, 6.45) is 0. The zero-order valence-electron chi connectivity index (χ0n) is 84.1. The third-order valence-electron chi connectivity index (χ3n) is 28.4. The average Bonchev–Trinajstić information content (AvgIpc) is 1.53. The van der Waals surface area contributed by atoms with Gasteiger partial charge >= 0.3 is 0 Å². The lowest BCUT2D eigenvalue weighted by Crippen LogP contribution is -2.50. The van der Waals surface area contributed by atoms with Gasteiger partial charge in [0.2, 0.25) is 9.84 Å². The summed E-state index contributed by atoms with van der Waals surface area (Å²) in [4.78, 5) is 15.0. The van der Waals surface area contributed by atoms with Crippen LogP contribution in [0.2, 0.25) is 0 Å². The Hall–Kier alpha value is -16.4. The normalized spacial score (nSPS) is 13.8. The maximum Gasteiger partial charge on any atom is 0.206 e. The lowest BCUT2D eigenvalue weighted by molar-refractivity contribution is 0.462. The number of benzene rings is 18. The molecule has 0 spiro atoms. The van der Waals surface area contributed by atoms with Crippen LogP contribution in [-0.2, 0) is 20.7 Å². The maximum atomic E-state index is 12.3. The van der Waals surface area contributed by atoms with Gasteiger partial charge in [-0.3, -0.25) is 9.97 Å². The molecule has 0 bridgehead atoms. The molecule has 7 nitrogen and oxygen atoms in total. The summed E-state index contributed by atoms with van der Waals surface area (Å²) in [5.41, 5.74) is 43.5. The number of aromatic nitrogens is 3. The molecule has 3 aromatic heterocycles. The lowest BCUT2D eigenvalue weighted by Gasteiger charge is -2.49. The largest absolute Gasteiger partial charge is 0.360 e. The first kappa shape index (κ1) is 96.5. The Morgan fingerprint density at radius 3 is 0.868 bits per heavy atom. The highest BCUT2D eigenvalue weighted by Crippen LogP contribution is 2.58. The number of sulfone groups is 1. The van der Waals surface area contributed by atoms with E-state index < -0.39 is 9.84 Å². The molecule has 8 heteroatoms. The van der Waals surface area contributed by atoms with Gasteiger partial charge in [0.25, 0.3) is 0 Å². The minimum absolute atomic E-state index is 0.269. The summed E-state index contributed by atoms with van der Waals surface area (Å²) >= 11 is 0. The standard InChI is InChI=1S/C30H30N2.2C27H22.C20H17N.C18H16N2.C14H14O2S/c1-23-13-17-25(18-14-23)29-21-32(28-11-7-4-8-12-28)30(26-19-15-24(2)16-20-26)22-31(29)27-9-5-3-6-10-27;1-19-11-15-21(16-12-19)27(22-17-13-20(2)14-18-22)25-9-5-3-7-23(25)24-8-4-6-10-26(24)27;1-19-13-15-23-24-16-14-20(2)18-26(24)27(25(23)17-19,21-9-5-3-6-10-21)22-11-7-4-8-12-22;1-14-8-10-19-17(12-14)18-13-15(2)9-11-20(18)21(19)16-6-4-3-5-7-16;1-13-5-3-7-17(19-13)15-9-11-16(12-10-15)18-8-4-6-14(2)20-18;1-11-3-7-13(8-4-11)17(15,16)14-9-5-12(2)6-10-14/h3-20,29-30H,21-22H2,1-2H3;2*3-18H,1-2H3;3-13H,1-2H3;3-12H,1-2H3;3-10H,1-2H3. The van der Waals surface area contributed by atoms with Crippen LogP contribution in [0.1, 0.15) is 135 Å². The van der Waals surface area contributed by atoms with Crippen molar-refractivity contribution < 1.29 is 8.42 Å². The third-order valence-corrected chi connectivity index (χ3v) is 30.2. The second kappa shape index (κ2) is 42.6. The SMILES string of the molecule is Cc1ccc(C2(c3ccc(C)cc3)c3ccccc3-c3ccccc32)cc1.Cc1ccc(C2CN(c3ccccc3)C(c3ccc(C)cc3)CN2c2ccccc2)cc1.Cc1ccc(S(=O)(=O)c2ccc(C)cc2)cc1.Cc1ccc2c(c1)C(c1ccccc1)(c1ccccc1)c1cc(C)ccc1-2.Cc1ccc2c(c1)c1cc(C)ccc1n2-c1ccccc1.Cc1cccc(-c2ccc(-c3cccc(C)n3)cc2)n1. The van der Waals surface area contributed by atoms with Crippen LogP contribution in [0.25, 0.3) is 72.3 Å². The van der Waals surface area contributed by atoms with Crippen LogP contribution in [0, 0.1) is 83.1 Å². The number of para-hydroxylation sites is 3. The third kappa shape index (κ3) is 20.1. The molecule has 2 aliphatic carbocycles. The number of nitrogens with zero attached hydrogens (tertiary/aromatic N) is 5. The van der Waals surface area contributed by atoms with Gasteiger partial charge in [0.1, 0.15) is 0 Å². The number of anilines is 2. The number of pyridine rings is 2. The predicted octanol–water partition coefficient (Wildman–Crippen LogP) is 33.4. The number of hydrogen-bond donors (Lipinski definition) is 0. The number of rotatable bonds is 13. The number of hydrogen-bond acceptors (Lipinski definition) is 6. The van der Waals surface area contributed by atoms with Crippen LogP contribution in [0.5, 0.6) is 0 Å². The van der Waals surface area contributed by atoms with Crippen LogP contribution in [0.15, 0.2) is 489 Å². The van der Waals surface area contributed by atoms with Gasteiger partial charge < -0.3 is 14.4 Å². The van der Waals surface area contributed by atoms with E-state index >= 15 is 0 Å². The molecule has 708 valence electrons. The number of fused-ring (bicyclic) bond motifs is 9. The van der Waals surface area contributed by atoms with E-state index in [9.17, 15) is 8.42 Å². The molecule has 4 heterocycles. The minimum Gasteiger partial charge on any atom is -0.360 e. The summed E-state index contributed by atoms with van der Waals surface area (Å²) in [7, 11) is -3.37. The van der Waals surface area contributed by atoms with E-state index in [-0.39, 0.29) is 22.9 Å². The van der Waals surface area contributed by atoms with Gasteiger partial charge in [-0.2, -0.15) is 0 Å². The minimum atomic E-state index is -3.37. The van der Waals surface area contributed by atoms with Crippen molar-refractivity contribution in [1.82, 2.24) is 14.5 Å². The Labute approximate surface area is 850 Å². The molecule has 18 aromatic carbocycles. The highest BCUT2D eigenvalue weighted by atomic mass is 32.2. The van der Waals surface area contributed by atoms with E-state index in [0.717, 1.165) is 58.1 Å². The van der Waals surface area contributed by atoms with Crippen molar-refractivity contribution >= 4 is 43.0 Å². The molecule has 3 aliphatic rings. The van der Waals surface area contributed by atoms with Gasteiger partial charge in [0, 0.05) is 63.4 Å². The van der Waals surface area contributed by atoms with Crippen LogP contribution >= 0.6 is 0 Å². The summed E-state index contributed by atoms with van der Waals surface area (Å²) in [6, 6.07) is 170. The molecule has 0 saturated carbocycles. The topological polar surface area (TPSA) is 71.3 Å². The van der Waals surface area contributed by atoms with E-state index in [1.54, 1.807) is 48.5 Å². The Bertz CT molecular complexity index is 7700. The van der Waals surface area contributed by atoms with Crippen molar-refractivity contribution in [2.75, 3.05) is 22.9 Å². The first-order valence-corrected chi connectivity index (χ1v) is 51.4. The Balaban J connectivity index is 0.000000111. The Morgan fingerprint density at radius 2 is 0.514 bits per heavy atom. The first-order valence-electron chi connectivity index (χ1n) is 49.9. The quantitative estimate of drug-likeness (QED) is 0.115. The van der Waals surface area contributed by atoms with Crippen LogP contribution in [-0.4, -0.2) is 36.0 Å². The predicted molar refractivity (Wildman–Crippen MR) is 602 cm³/mol. The molecule has 2 atom stereocenters. The molecule has 0 amide bonds. The fraction of sp³-hybridized carbons (Fsp3) is 0.132. The molecule has 24 rings (SSSR count). The van der Waals surface area contributed by atoms with Gasteiger partial charge in [-0.1, -0.05) is 426 Å². The lowest BCUT2D eigenvalue weighted by atomic mass is 9.67. The Kier molecular flexibility index (Phi) is 28.5. The van der Waals surface area contributed by atoms with Crippen molar-refractivity contribution in [2.45, 2.75) is 116 Å². The van der Waals surface area contributed by atoms with Gasteiger partial charge in [-0.05, 0) is 270 Å². The second-order valence-electron chi connectivity index (χ2n) is 38.7. The summed E-state index contributed by atoms with van der Waals surface area (Å²) in [5, 5.41) is 2.66. The molecule has 0 radical (unpaired) electrons. The summed E-state index contributed by atoms with van der Waals surface area (Å²) in [5.74, 6) is 0. The first-order chi connectivity index (χ1) is 70.1. The monoisotopic (exact) mass is 1890 g/mol. The van der Waals surface area contributed by atoms with Crippen molar-refractivity contribution in [2.24, 2.45) is 0 Å². The van der Waals surface area contributed by atoms with Crippen molar-refractivity contribution in [1.29, 1.82) is 0 Å². The van der Waals surface area contributed by atoms with E-state index in [0.29, 0.717) is 9.79 Å². The van der Waals surface area contributed by atoms with Crippen LogP contribution < -0.4 is 9.80 Å². The van der Waals surface area contributed by atoms with Gasteiger partial charge in [0.15, 0.2) is 0 Å². The maximum absolute atomic E-state index is 12.3. The van der Waals surface area contributed by atoms with Crippen molar-refractivity contribution in [3.8, 4) is 50.5 Å². The molecule has 1 aliphatic heterocycles. The number of piperazine rings is 1. The molecule has 1 saturated heterocycles. The number of aryl methyl sites for hydroxylation is 12. The second-order valence-corrected chi connectivity index (χ2v) is 40.7. The van der Waals surface area contributed by atoms with Crippen molar-refractivity contribution in [3.63, 3.8) is 0 Å². The molecule has 21 aromatic rings. The molecule has 144 heavy (non-hydrogen) atoms. The molecular formula is C136H121N5O2S. The summed E-state index contributed by atoms with van der Waals surface area (Å²) < 4.78 is 26.9. The van der Waals surface area contributed by atoms with E-state index in [1.807, 2.05) is 64.1 Å². The zero-order chi connectivity index (χ0) is 99.6. The smallest absolute Gasteiger partial charge is 0.206 e.